The third-order valence-electron chi connectivity index (χ3n) is 6.09. The zero-order valence-corrected chi connectivity index (χ0v) is 21.0. The minimum absolute atomic E-state index is 0. The molecule has 0 amide bonds. The van der Waals surface area contributed by atoms with Crippen molar-refractivity contribution >= 4 is 45.2 Å². The Balaban J connectivity index is 0.00000104. The molecule has 25 heavy (non-hydrogen) atoms. The summed E-state index contributed by atoms with van der Waals surface area (Å²) in [5, 5.41) is 5.86. The average molecular weight is 488 g/mol. The summed E-state index contributed by atoms with van der Waals surface area (Å²) in [4.78, 5) is 0. The van der Waals surface area contributed by atoms with Crippen LogP contribution in [0.25, 0.3) is 16.3 Å². The van der Waals surface area contributed by atoms with E-state index in [0.717, 1.165) is 6.04 Å². The Morgan fingerprint density at radius 2 is 1.76 bits per heavy atom. The first-order valence-electron chi connectivity index (χ1n) is 8.23. The largest absolute Gasteiger partial charge is 3.00 e. The van der Waals surface area contributed by atoms with E-state index in [4.69, 9.17) is 11.1 Å². The molecule has 0 N–H and O–H groups in total. The van der Waals surface area contributed by atoms with Crippen LogP contribution in [0.15, 0.2) is 41.0 Å². The third kappa shape index (κ3) is 3.01. The molecular weight excluding hydrogens is 466 g/mol. The molecular formula is C20H22Cl3SiZr. The van der Waals surface area contributed by atoms with Gasteiger partial charge in [-0.15, -0.1) is 39.3 Å². The van der Waals surface area contributed by atoms with Crippen molar-refractivity contribution in [3.8, 4) is 0 Å². The zero-order valence-electron chi connectivity index (χ0n) is 15.2. The van der Waals surface area contributed by atoms with E-state index < -0.39 is 7.38 Å². The third-order valence-corrected chi connectivity index (χ3v) is 11.4. The van der Waals surface area contributed by atoms with Gasteiger partial charge in [-0.25, -0.2) is 0 Å². The van der Waals surface area contributed by atoms with Gasteiger partial charge in [0.05, 0.1) is 0 Å². The normalized spacial score (nSPS) is 23.8. The van der Waals surface area contributed by atoms with E-state index in [0.29, 0.717) is 5.92 Å². The van der Waals surface area contributed by atoms with Crippen molar-refractivity contribution < 1.29 is 51.0 Å². The fourth-order valence-electron chi connectivity index (χ4n) is 4.35. The minimum atomic E-state index is -1.73. The van der Waals surface area contributed by atoms with Gasteiger partial charge in [0, 0.05) is 5.92 Å². The topological polar surface area (TPSA) is 0 Å². The molecule has 5 heteroatoms. The number of hydrogen-bond acceptors (Lipinski definition) is 0. The van der Waals surface area contributed by atoms with Crippen LogP contribution in [0, 0.1) is 5.92 Å². The molecule has 0 fully saturated rings. The van der Waals surface area contributed by atoms with Crippen molar-refractivity contribution in [2.45, 2.75) is 40.7 Å². The van der Waals surface area contributed by atoms with Gasteiger partial charge in [-0.05, 0) is 43.5 Å². The van der Waals surface area contributed by atoms with Crippen LogP contribution in [0.5, 0.6) is 0 Å². The maximum Gasteiger partial charge on any atom is 3.00 e. The first-order chi connectivity index (χ1) is 10.4. The maximum atomic E-state index is 6.94. The second-order valence-corrected chi connectivity index (χ2v) is 12.2. The van der Waals surface area contributed by atoms with E-state index in [1.54, 1.807) is 0 Å². The smallest absolute Gasteiger partial charge is 1.00 e. The van der Waals surface area contributed by atoms with E-state index in [2.05, 4.69) is 58.9 Å². The molecule has 2 unspecified atom stereocenters. The second-order valence-electron chi connectivity index (χ2n) is 6.93. The van der Waals surface area contributed by atoms with Crippen LogP contribution >= 0.6 is 11.1 Å². The predicted molar refractivity (Wildman–Crippen MR) is 101 cm³/mol. The summed E-state index contributed by atoms with van der Waals surface area (Å²) in [5.41, 5.74) is 7.40. The minimum Gasteiger partial charge on any atom is -1.00 e. The van der Waals surface area contributed by atoms with Crippen LogP contribution in [0.4, 0.5) is 0 Å². The fourth-order valence-corrected chi connectivity index (χ4v) is 8.56. The summed E-state index contributed by atoms with van der Waals surface area (Å²) < 4.78 is 0. The van der Waals surface area contributed by atoms with E-state index in [-0.39, 0.29) is 51.0 Å². The molecule has 0 bridgehead atoms. The van der Waals surface area contributed by atoms with E-state index in [1.807, 2.05) is 0 Å². The molecule has 2 atom stereocenters. The summed E-state index contributed by atoms with van der Waals surface area (Å²) in [6, 6.07) is 10.2. The number of benzene rings is 1. The van der Waals surface area contributed by atoms with Gasteiger partial charge in [0.2, 0.25) is 0 Å². The Hall–Kier alpha value is 0.280. The molecule has 1 radical (unpaired) electrons. The Bertz CT molecular complexity index is 894. The molecule has 0 saturated heterocycles. The monoisotopic (exact) mass is 485 g/mol. The summed E-state index contributed by atoms with van der Waals surface area (Å²) in [7, 11) is -1.73. The first-order valence-corrected chi connectivity index (χ1v) is 11.4. The summed E-state index contributed by atoms with van der Waals surface area (Å²) >= 11 is 6.94. The standard InChI is InChI=1S/C20H22ClSi.2ClH.Zr/c1-6-22(21)17-10-15-8-7-9-16(19(15)20(17)22)18-13(4)11(2)12(3)14(18)5;;;/h7-10,13H,6H2,1-5H3;2*1H;/q-1;;;+3/p-2. The van der Waals surface area contributed by atoms with E-state index in [9.17, 15) is 0 Å². The molecule has 0 nitrogen and oxygen atoms in total. The molecule has 0 spiro atoms. The number of halogens is 3. The molecule has 1 aliphatic heterocycles. The Kier molecular flexibility index (Phi) is 7.20. The van der Waals surface area contributed by atoms with Crippen LogP contribution < -0.4 is 35.2 Å². The van der Waals surface area contributed by atoms with Crippen LogP contribution in [-0.4, -0.2) is 7.38 Å². The van der Waals surface area contributed by atoms with Crippen molar-refractivity contribution in [1.29, 1.82) is 0 Å². The fraction of sp³-hybridized carbons (Fsp3) is 0.350. The summed E-state index contributed by atoms with van der Waals surface area (Å²) in [5.74, 6) is 0.517. The molecule has 2 aromatic carbocycles. The number of hydrogen-bond donors (Lipinski definition) is 0. The van der Waals surface area contributed by atoms with Crippen LogP contribution in [0.3, 0.4) is 0 Å². The van der Waals surface area contributed by atoms with Crippen molar-refractivity contribution in [2.75, 3.05) is 0 Å². The Labute approximate surface area is 188 Å². The molecule has 2 aromatic rings. The van der Waals surface area contributed by atoms with Crippen LogP contribution in [0.2, 0.25) is 6.04 Å². The van der Waals surface area contributed by atoms with Gasteiger partial charge in [0.1, 0.15) is 7.38 Å². The molecule has 0 aromatic heterocycles. The number of fused-ring (bicyclic) bond motifs is 3. The Morgan fingerprint density at radius 3 is 2.28 bits per heavy atom. The van der Waals surface area contributed by atoms with Gasteiger partial charge in [-0.3, -0.25) is 0 Å². The molecule has 0 saturated carbocycles. The van der Waals surface area contributed by atoms with Gasteiger partial charge in [-0.1, -0.05) is 31.1 Å². The SMILES string of the molecule is CC[Si]1(Cl)c2[cH-]c3cccc(C4=C(C)C(C)=C(C)C4C)c3c21.[Cl-].[Cl-].[Zr+3]. The second kappa shape index (κ2) is 7.72. The summed E-state index contributed by atoms with van der Waals surface area (Å²) in [6.07, 6.45) is 0. The summed E-state index contributed by atoms with van der Waals surface area (Å²) in [6.45, 7) is 11.4. The van der Waals surface area contributed by atoms with Crippen LogP contribution in [0.1, 0.15) is 40.2 Å². The van der Waals surface area contributed by atoms with E-state index >= 15 is 0 Å². The number of rotatable bonds is 2. The predicted octanol–water partition coefficient (Wildman–Crippen LogP) is -1.04. The van der Waals surface area contributed by atoms with Gasteiger partial charge in [-0.2, -0.15) is 11.1 Å². The zero-order chi connectivity index (χ0) is 15.8. The van der Waals surface area contributed by atoms with Crippen molar-refractivity contribution in [2.24, 2.45) is 5.92 Å². The average Bonchev–Trinajstić information content (AvgIpc) is 2.81. The van der Waals surface area contributed by atoms with Crippen molar-refractivity contribution in [1.82, 2.24) is 0 Å². The van der Waals surface area contributed by atoms with E-state index in [1.165, 1.54) is 49.0 Å². The van der Waals surface area contributed by atoms with Gasteiger partial charge < -0.3 is 24.8 Å². The van der Waals surface area contributed by atoms with Crippen molar-refractivity contribution in [3.63, 3.8) is 0 Å². The number of allylic oxidation sites excluding steroid dienone is 4. The molecule has 2 aliphatic rings. The first kappa shape index (κ1) is 23.3. The maximum absolute atomic E-state index is 6.94. The molecule has 4 rings (SSSR count). The quantitative estimate of drug-likeness (QED) is 0.288. The van der Waals surface area contributed by atoms with Gasteiger partial charge in [0.15, 0.2) is 0 Å². The van der Waals surface area contributed by atoms with Gasteiger partial charge >= 0.3 is 26.2 Å². The molecule has 1 aliphatic carbocycles. The Morgan fingerprint density at radius 1 is 1.12 bits per heavy atom. The molecule has 1 heterocycles. The van der Waals surface area contributed by atoms with Gasteiger partial charge in [0.25, 0.3) is 0 Å². The molecule has 131 valence electrons. The van der Waals surface area contributed by atoms with Crippen molar-refractivity contribution in [3.05, 3.63) is 46.5 Å². The van der Waals surface area contributed by atoms with Crippen LogP contribution in [-0.2, 0) is 26.2 Å².